The number of hydrogen-bond donors (Lipinski definition) is 2. The fourth-order valence-corrected chi connectivity index (χ4v) is 3.60. The molecule has 0 radical (unpaired) electrons. The van der Waals surface area contributed by atoms with Crippen molar-refractivity contribution in [3.05, 3.63) is 53.4 Å². The Hall–Kier alpha value is -1.66. The molecule has 1 atom stereocenters. The summed E-state index contributed by atoms with van der Waals surface area (Å²) in [5.74, 6) is 0.490. The Morgan fingerprint density at radius 3 is 2.69 bits per heavy atom. The predicted molar refractivity (Wildman–Crippen MR) is 113 cm³/mol. The average Bonchev–Trinajstić information content (AvgIpc) is 3.32. The molecule has 3 aromatic rings. The Balaban J connectivity index is 0.00000121. The van der Waals surface area contributed by atoms with E-state index in [9.17, 15) is 4.79 Å². The molecule has 26 heavy (non-hydrogen) atoms. The highest BCUT2D eigenvalue weighted by Gasteiger charge is 2.28. The quantitative estimate of drug-likeness (QED) is 0.660. The molecule has 2 aromatic heterocycles. The normalized spacial score (nSPS) is 14.2. The molecule has 2 heterocycles. The van der Waals surface area contributed by atoms with Gasteiger partial charge in [-0.25, -0.2) is 4.98 Å². The minimum Gasteiger partial charge on any atom is -0.350 e. The molecule has 3 N–H and O–H groups in total. The first-order valence-electron chi connectivity index (χ1n) is 8.20. The highest BCUT2D eigenvalue weighted by molar-refractivity contribution is 7.13. The summed E-state index contributed by atoms with van der Waals surface area (Å²) in [4.78, 5) is 18.5. The summed E-state index contributed by atoms with van der Waals surface area (Å²) in [6, 6.07) is 13.7. The Kier molecular flexibility index (Phi) is 7.01. The molecule has 1 amide bonds. The van der Waals surface area contributed by atoms with Crippen molar-refractivity contribution in [3.63, 3.8) is 0 Å². The predicted octanol–water partition coefficient (Wildman–Crippen LogP) is 4.27. The Labute approximate surface area is 169 Å². The van der Waals surface area contributed by atoms with Crippen molar-refractivity contribution in [3.8, 4) is 10.6 Å². The number of halogens is 2. The zero-order valence-electron chi connectivity index (χ0n) is 14.1. The molecule has 1 fully saturated rings. The molecule has 0 saturated heterocycles. The van der Waals surface area contributed by atoms with Crippen molar-refractivity contribution in [1.29, 1.82) is 0 Å². The highest BCUT2D eigenvalue weighted by atomic mass is 35.5. The van der Waals surface area contributed by atoms with Crippen molar-refractivity contribution in [2.45, 2.75) is 18.9 Å². The van der Waals surface area contributed by atoms with Crippen molar-refractivity contribution in [2.24, 2.45) is 11.7 Å². The van der Waals surface area contributed by atoms with Crippen molar-refractivity contribution in [1.82, 2.24) is 10.3 Å². The van der Waals surface area contributed by atoms with Crippen molar-refractivity contribution in [2.75, 3.05) is 6.54 Å². The fourth-order valence-electron chi connectivity index (χ4n) is 2.91. The number of nitrogens with two attached hydrogens (primary N) is 1. The number of nitrogens with one attached hydrogen (secondary N) is 1. The lowest BCUT2D eigenvalue weighted by molar-refractivity contribution is 0.0952. The van der Waals surface area contributed by atoms with E-state index in [1.54, 1.807) is 11.3 Å². The van der Waals surface area contributed by atoms with Gasteiger partial charge in [-0.15, -0.1) is 36.2 Å². The Bertz CT molecular complexity index is 882. The number of nitrogens with zero attached hydrogens (tertiary/aromatic N) is 1. The Morgan fingerprint density at radius 2 is 2.00 bits per heavy atom. The molecule has 1 aliphatic rings. The van der Waals surface area contributed by atoms with Gasteiger partial charge >= 0.3 is 0 Å². The number of fused-ring (bicyclic) bond motifs is 1. The van der Waals surface area contributed by atoms with Gasteiger partial charge in [0, 0.05) is 18.0 Å². The van der Waals surface area contributed by atoms with Crippen LogP contribution < -0.4 is 11.1 Å². The lowest BCUT2D eigenvalue weighted by Gasteiger charge is -2.13. The van der Waals surface area contributed by atoms with E-state index in [0.29, 0.717) is 18.0 Å². The van der Waals surface area contributed by atoms with E-state index in [-0.39, 0.29) is 36.8 Å². The summed E-state index contributed by atoms with van der Waals surface area (Å²) >= 11 is 1.62. The van der Waals surface area contributed by atoms with E-state index in [1.807, 2.05) is 47.8 Å². The van der Waals surface area contributed by atoms with E-state index in [2.05, 4.69) is 5.32 Å². The lowest BCUT2D eigenvalue weighted by atomic mass is 10.1. The highest BCUT2D eigenvalue weighted by Crippen LogP contribution is 2.31. The molecule has 0 bridgehead atoms. The van der Waals surface area contributed by atoms with Crippen LogP contribution >= 0.6 is 36.2 Å². The van der Waals surface area contributed by atoms with Gasteiger partial charge in [-0.1, -0.05) is 24.3 Å². The summed E-state index contributed by atoms with van der Waals surface area (Å²) in [5.41, 5.74) is 8.43. The first-order chi connectivity index (χ1) is 11.7. The van der Waals surface area contributed by atoms with Crippen molar-refractivity contribution < 1.29 is 4.79 Å². The number of aromatic nitrogens is 1. The number of carbonyl (C=O) groups is 1. The number of rotatable bonds is 5. The van der Waals surface area contributed by atoms with Crippen LogP contribution in [0, 0.1) is 5.92 Å². The van der Waals surface area contributed by atoms with Crippen LogP contribution in [0.5, 0.6) is 0 Å². The van der Waals surface area contributed by atoms with Crippen LogP contribution in [-0.4, -0.2) is 23.5 Å². The average molecular weight is 410 g/mol. The standard InChI is InChI=1S/C19H19N3OS.2ClH/c20-15(12-7-8-12)11-21-19(23)14-10-17(18-6-3-9-24-18)22-16-5-2-1-4-13(14)16;;/h1-6,9-10,12,15H,7-8,11,20H2,(H,21,23);2*1H. The van der Waals surface area contributed by atoms with E-state index in [0.717, 1.165) is 21.5 Å². The van der Waals surface area contributed by atoms with Gasteiger partial charge in [0.1, 0.15) is 0 Å². The van der Waals surface area contributed by atoms with Crippen LogP contribution in [-0.2, 0) is 0 Å². The molecule has 0 aliphatic heterocycles. The first kappa shape index (κ1) is 20.6. The van der Waals surface area contributed by atoms with Gasteiger partial charge in [-0.3, -0.25) is 4.79 Å². The zero-order valence-corrected chi connectivity index (χ0v) is 16.5. The molecular formula is C19H21Cl2N3OS. The van der Waals surface area contributed by atoms with Gasteiger partial charge < -0.3 is 11.1 Å². The number of para-hydroxylation sites is 1. The van der Waals surface area contributed by atoms with Crippen LogP contribution in [0.3, 0.4) is 0 Å². The summed E-state index contributed by atoms with van der Waals surface area (Å²) in [7, 11) is 0. The molecular weight excluding hydrogens is 389 g/mol. The minimum absolute atomic E-state index is 0. The van der Waals surface area contributed by atoms with Gasteiger partial charge in [0.05, 0.1) is 21.7 Å². The van der Waals surface area contributed by atoms with E-state index in [1.165, 1.54) is 12.8 Å². The van der Waals surface area contributed by atoms with Crippen LogP contribution in [0.25, 0.3) is 21.5 Å². The summed E-state index contributed by atoms with van der Waals surface area (Å²) < 4.78 is 0. The Morgan fingerprint density at radius 1 is 1.23 bits per heavy atom. The zero-order chi connectivity index (χ0) is 16.5. The number of carbonyl (C=O) groups excluding carboxylic acids is 1. The second kappa shape index (κ2) is 8.82. The topological polar surface area (TPSA) is 68.0 Å². The maximum Gasteiger partial charge on any atom is 0.252 e. The van der Waals surface area contributed by atoms with Crippen LogP contribution in [0.4, 0.5) is 0 Å². The molecule has 0 spiro atoms. The second-order valence-corrected chi connectivity index (χ2v) is 7.21. The van der Waals surface area contributed by atoms with Gasteiger partial charge in [0.2, 0.25) is 0 Å². The lowest BCUT2D eigenvalue weighted by Crippen LogP contribution is -2.38. The largest absolute Gasteiger partial charge is 0.350 e. The summed E-state index contributed by atoms with van der Waals surface area (Å²) in [6.45, 7) is 0.522. The SMILES string of the molecule is Cl.Cl.NC(CNC(=O)c1cc(-c2cccs2)nc2ccccc12)C1CC1. The maximum atomic E-state index is 12.7. The minimum atomic E-state index is -0.0810. The van der Waals surface area contributed by atoms with Crippen LogP contribution in [0.15, 0.2) is 47.8 Å². The van der Waals surface area contributed by atoms with Crippen molar-refractivity contribution >= 4 is 53.0 Å². The van der Waals surface area contributed by atoms with Crippen LogP contribution in [0.2, 0.25) is 0 Å². The number of benzene rings is 1. The number of pyridine rings is 1. The molecule has 1 aliphatic carbocycles. The fraction of sp³-hybridized carbons (Fsp3) is 0.263. The second-order valence-electron chi connectivity index (χ2n) is 6.26. The van der Waals surface area contributed by atoms with Gasteiger partial charge in [0.15, 0.2) is 0 Å². The summed E-state index contributed by atoms with van der Waals surface area (Å²) in [5, 5.41) is 5.88. The van der Waals surface area contributed by atoms with Gasteiger partial charge in [-0.05, 0) is 42.3 Å². The van der Waals surface area contributed by atoms with E-state index in [4.69, 9.17) is 10.7 Å². The number of hydrogen-bond acceptors (Lipinski definition) is 4. The molecule has 138 valence electrons. The maximum absolute atomic E-state index is 12.7. The molecule has 4 rings (SSSR count). The molecule has 7 heteroatoms. The first-order valence-corrected chi connectivity index (χ1v) is 9.08. The van der Waals surface area contributed by atoms with Crippen LogP contribution in [0.1, 0.15) is 23.2 Å². The molecule has 1 saturated carbocycles. The van der Waals surface area contributed by atoms with E-state index < -0.39 is 0 Å². The molecule has 4 nitrogen and oxygen atoms in total. The molecule has 1 aromatic carbocycles. The number of thiophene rings is 1. The monoisotopic (exact) mass is 409 g/mol. The van der Waals surface area contributed by atoms with Gasteiger partial charge in [0.25, 0.3) is 5.91 Å². The third kappa shape index (κ3) is 4.35. The molecule has 1 unspecified atom stereocenters. The smallest absolute Gasteiger partial charge is 0.252 e. The van der Waals surface area contributed by atoms with Gasteiger partial charge in [-0.2, -0.15) is 0 Å². The van der Waals surface area contributed by atoms with E-state index >= 15 is 0 Å². The third-order valence-corrected chi connectivity index (χ3v) is 5.35. The number of amides is 1. The third-order valence-electron chi connectivity index (χ3n) is 4.46. The summed E-state index contributed by atoms with van der Waals surface area (Å²) in [6.07, 6.45) is 2.36.